The van der Waals surface area contributed by atoms with Crippen molar-refractivity contribution in [3.63, 3.8) is 0 Å². The quantitative estimate of drug-likeness (QED) is 0.376. The van der Waals surface area contributed by atoms with Gasteiger partial charge < -0.3 is 28.5 Å². The summed E-state index contributed by atoms with van der Waals surface area (Å²) in [6, 6.07) is 0. The van der Waals surface area contributed by atoms with Crippen LogP contribution in [0.5, 0.6) is 0 Å². The molecule has 2 aliphatic rings. The van der Waals surface area contributed by atoms with E-state index >= 15 is 0 Å². The van der Waals surface area contributed by atoms with E-state index in [1.165, 1.54) is 43.4 Å². The van der Waals surface area contributed by atoms with Crippen molar-refractivity contribution in [1.82, 2.24) is 0 Å². The van der Waals surface area contributed by atoms with Crippen molar-refractivity contribution in [1.29, 1.82) is 0 Å². The Labute approximate surface area is 86.8 Å². The predicted molar refractivity (Wildman–Crippen MR) is 42.7 cm³/mol. The summed E-state index contributed by atoms with van der Waals surface area (Å²) in [5.74, 6) is 0. The highest BCUT2D eigenvalue weighted by molar-refractivity contribution is 4.82. The van der Waals surface area contributed by atoms with Crippen LogP contribution >= 0.6 is 0 Å². The zero-order valence-electron chi connectivity index (χ0n) is 7.57. The van der Waals surface area contributed by atoms with Crippen LogP contribution in [-0.4, -0.2) is 31.2 Å². The third-order valence-corrected chi connectivity index (χ3v) is 3.50. The second-order valence-corrected chi connectivity index (χ2v) is 4.89. The van der Waals surface area contributed by atoms with Gasteiger partial charge in [-0.05, 0) is 12.8 Å². The fourth-order valence-corrected chi connectivity index (χ4v) is 2.90. The summed E-state index contributed by atoms with van der Waals surface area (Å²) in [7, 11) is 2.42. The first-order valence-corrected chi connectivity index (χ1v) is 4.46. The molecular formula is C9H18IN. The van der Waals surface area contributed by atoms with Crippen molar-refractivity contribution in [3.8, 4) is 0 Å². The molecular weight excluding hydrogens is 249 g/mol. The van der Waals surface area contributed by atoms with Crippen molar-refractivity contribution < 1.29 is 28.5 Å². The maximum Gasteiger partial charge on any atom is 0.0841 e. The topological polar surface area (TPSA) is 0 Å². The molecule has 2 rings (SSSR count). The molecule has 0 aromatic rings. The van der Waals surface area contributed by atoms with Gasteiger partial charge >= 0.3 is 0 Å². The van der Waals surface area contributed by atoms with Gasteiger partial charge in [0.15, 0.2) is 0 Å². The maximum absolute atomic E-state index is 2.47. The number of hydrogen-bond acceptors (Lipinski definition) is 0. The Hall–Kier alpha value is 0.690. The van der Waals surface area contributed by atoms with Gasteiger partial charge in [-0.3, -0.25) is 0 Å². The molecule has 2 atom stereocenters. The molecule has 0 radical (unpaired) electrons. The first-order chi connectivity index (χ1) is 4.62. The van der Waals surface area contributed by atoms with E-state index in [0.29, 0.717) is 0 Å². The summed E-state index contributed by atoms with van der Waals surface area (Å²) in [5, 5.41) is 0. The van der Waals surface area contributed by atoms with Crippen molar-refractivity contribution >= 4 is 0 Å². The van der Waals surface area contributed by atoms with Crippen LogP contribution in [0, 0.1) is 5.41 Å². The highest BCUT2D eigenvalue weighted by Gasteiger charge is 2.45. The molecule has 2 aliphatic heterocycles. The van der Waals surface area contributed by atoms with Crippen LogP contribution in [0.1, 0.15) is 26.2 Å². The minimum atomic E-state index is 0. The average molecular weight is 267 g/mol. The summed E-state index contributed by atoms with van der Waals surface area (Å²) >= 11 is 0. The molecule has 2 heteroatoms. The van der Waals surface area contributed by atoms with E-state index in [4.69, 9.17) is 0 Å². The molecule has 2 unspecified atom stereocenters. The summed E-state index contributed by atoms with van der Waals surface area (Å²) in [5.41, 5.74) is 0.729. The van der Waals surface area contributed by atoms with E-state index in [2.05, 4.69) is 14.0 Å². The van der Waals surface area contributed by atoms with E-state index < -0.39 is 0 Å². The average Bonchev–Trinajstić information content (AvgIpc) is 2.03. The molecule has 2 saturated heterocycles. The highest BCUT2D eigenvalue weighted by Crippen LogP contribution is 2.41. The van der Waals surface area contributed by atoms with Gasteiger partial charge in [-0.1, -0.05) is 6.92 Å². The summed E-state index contributed by atoms with van der Waals surface area (Å²) < 4.78 is 1.37. The van der Waals surface area contributed by atoms with E-state index in [9.17, 15) is 0 Å². The van der Waals surface area contributed by atoms with E-state index in [1.807, 2.05) is 0 Å². The van der Waals surface area contributed by atoms with Crippen molar-refractivity contribution in [2.45, 2.75) is 26.2 Å². The summed E-state index contributed by atoms with van der Waals surface area (Å²) in [6.45, 7) is 6.80. The zero-order valence-corrected chi connectivity index (χ0v) is 9.73. The number of quaternary nitrogens is 1. The van der Waals surface area contributed by atoms with Gasteiger partial charge in [-0.25, -0.2) is 0 Å². The van der Waals surface area contributed by atoms with Gasteiger partial charge in [0.05, 0.1) is 26.7 Å². The smallest absolute Gasteiger partial charge is 0.0841 e. The van der Waals surface area contributed by atoms with Crippen LogP contribution in [-0.2, 0) is 0 Å². The molecule has 2 bridgehead atoms. The predicted octanol–water partition coefficient (Wildman–Crippen LogP) is -1.36. The fraction of sp³-hybridized carbons (Fsp3) is 1.00. The van der Waals surface area contributed by atoms with E-state index in [0.717, 1.165) is 5.41 Å². The van der Waals surface area contributed by atoms with E-state index in [-0.39, 0.29) is 24.0 Å². The number of fused-ring (bicyclic) bond motifs is 2. The van der Waals surface area contributed by atoms with Crippen molar-refractivity contribution in [2.75, 3.05) is 26.7 Å². The van der Waals surface area contributed by atoms with Gasteiger partial charge in [-0.15, -0.1) is 0 Å². The SMILES string of the molecule is CC12CCC[N+](C)(CC1)C2.[I-]. The lowest BCUT2D eigenvalue weighted by Crippen LogP contribution is -3.00. The lowest BCUT2D eigenvalue weighted by atomic mass is 9.83. The van der Waals surface area contributed by atoms with Crippen LogP contribution in [0.25, 0.3) is 0 Å². The standard InChI is InChI=1S/C9H18N.HI/c1-9-4-3-6-10(2,8-9)7-5-9;/h3-8H2,1-2H3;1H/q+1;/p-1. The summed E-state index contributed by atoms with van der Waals surface area (Å²) in [4.78, 5) is 0. The van der Waals surface area contributed by atoms with Gasteiger partial charge in [0.1, 0.15) is 0 Å². The second-order valence-electron chi connectivity index (χ2n) is 4.89. The first kappa shape index (κ1) is 9.78. The molecule has 66 valence electrons. The van der Waals surface area contributed by atoms with Gasteiger partial charge in [0, 0.05) is 11.8 Å². The maximum atomic E-state index is 2.47. The lowest BCUT2D eigenvalue weighted by molar-refractivity contribution is -0.904. The lowest BCUT2D eigenvalue weighted by Gasteiger charge is -2.36. The fourth-order valence-electron chi connectivity index (χ4n) is 2.90. The molecule has 0 spiro atoms. The van der Waals surface area contributed by atoms with E-state index in [1.54, 1.807) is 0 Å². The Morgan fingerprint density at radius 2 is 1.91 bits per heavy atom. The summed E-state index contributed by atoms with van der Waals surface area (Å²) in [6.07, 6.45) is 4.43. The number of rotatable bonds is 0. The number of hydrogen-bond donors (Lipinski definition) is 0. The highest BCUT2D eigenvalue weighted by atomic mass is 127. The van der Waals surface area contributed by atoms with Gasteiger partial charge in [0.2, 0.25) is 0 Å². The Balaban J connectivity index is 0.000000605. The largest absolute Gasteiger partial charge is 1.00 e. The van der Waals surface area contributed by atoms with Crippen LogP contribution in [0.15, 0.2) is 0 Å². The van der Waals surface area contributed by atoms with Crippen LogP contribution in [0.3, 0.4) is 0 Å². The number of nitrogens with zero attached hydrogens (tertiary/aromatic N) is 1. The van der Waals surface area contributed by atoms with Gasteiger partial charge in [-0.2, -0.15) is 0 Å². The monoisotopic (exact) mass is 267 g/mol. The molecule has 0 aromatic carbocycles. The van der Waals surface area contributed by atoms with Crippen LogP contribution in [0.2, 0.25) is 0 Å². The molecule has 0 amide bonds. The molecule has 0 N–H and O–H groups in total. The number of halogens is 1. The minimum Gasteiger partial charge on any atom is -1.00 e. The number of piperidine rings is 1. The Kier molecular flexibility index (Phi) is 2.55. The minimum absolute atomic E-state index is 0. The van der Waals surface area contributed by atoms with Crippen LogP contribution in [0.4, 0.5) is 0 Å². The molecule has 0 aliphatic carbocycles. The second kappa shape index (κ2) is 2.87. The zero-order chi connectivity index (χ0) is 7.24. The molecule has 11 heavy (non-hydrogen) atoms. The van der Waals surface area contributed by atoms with Crippen LogP contribution < -0.4 is 24.0 Å². The first-order valence-electron chi connectivity index (χ1n) is 4.46. The molecule has 2 heterocycles. The Morgan fingerprint density at radius 3 is 2.45 bits per heavy atom. The molecule has 2 fully saturated rings. The normalized spacial score (nSPS) is 48.5. The van der Waals surface area contributed by atoms with Crippen molar-refractivity contribution in [2.24, 2.45) is 5.41 Å². The Bertz CT molecular complexity index is 144. The third kappa shape index (κ3) is 1.72. The third-order valence-electron chi connectivity index (χ3n) is 3.50. The van der Waals surface area contributed by atoms with Gasteiger partial charge in [0.25, 0.3) is 0 Å². The Morgan fingerprint density at radius 1 is 1.18 bits per heavy atom. The van der Waals surface area contributed by atoms with Crippen molar-refractivity contribution in [3.05, 3.63) is 0 Å². The molecule has 0 saturated carbocycles. The molecule has 0 aromatic heterocycles. The molecule has 1 nitrogen and oxygen atoms in total.